The van der Waals surface area contributed by atoms with E-state index in [0.29, 0.717) is 13.2 Å². The van der Waals surface area contributed by atoms with Crippen LogP contribution < -0.4 is 9.62 Å². The topological polar surface area (TPSA) is 71.5 Å². The van der Waals surface area contributed by atoms with Crippen LogP contribution in [-0.4, -0.2) is 39.7 Å². The predicted octanol–water partition coefficient (Wildman–Crippen LogP) is 2.70. The average molecular weight is 402 g/mol. The Hall–Kier alpha value is -1.38. The van der Waals surface area contributed by atoms with Crippen LogP contribution in [0, 0.1) is 0 Å². The fourth-order valence-electron chi connectivity index (χ4n) is 2.45. The lowest BCUT2D eigenvalue weighted by atomic mass is 10.3. The van der Waals surface area contributed by atoms with Gasteiger partial charge in [0.15, 0.2) is 0 Å². The van der Waals surface area contributed by atoms with Gasteiger partial charge in [0.2, 0.25) is 10.0 Å². The second-order valence-corrected chi connectivity index (χ2v) is 8.02. The maximum absolute atomic E-state index is 12.4. The van der Waals surface area contributed by atoms with Gasteiger partial charge in [-0.25, -0.2) is 18.1 Å². The highest BCUT2D eigenvalue weighted by molar-refractivity contribution is 7.89. The maximum atomic E-state index is 12.4. The Morgan fingerprint density at radius 3 is 2.60 bits per heavy atom. The first kappa shape index (κ1) is 18.4. The predicted molar refractivity (Wildman–Crippen MR) is 97.8 cm³/mol. The SMILES string of the molecule is O=S(=O)(NCc1ccc(N2CCOCC2)nc1)c1cccc(Cl)c1Cl. The van der Waals surface area contributed by atoms with Crippen LogP contribution in [0.15, 0.2) is 41.4 Å². The van der Waals surface area contributed by atoms with E-state index in [1.807, 2.05) is 12.1 Å². The van der Waals surface area contributed by atoms with Crippen molar-refractivity contribution in [2.75, 3.05) is 31.2 Å². The van der Waals surface area contributed by atoms with Gasteiger partial charge >= 0.3 is 0 Å². The van der Waals surface area contributed by atoms with Crippen molar-refractivity contribution in [3.05, 3.63) is 52.1 Å². The lowest BCUT2D eigenvalue weighted by Gasteiger charge is -2.27. The molecule has 0 amide bonds. The Morgan fingerprint density at radius 1 is 1.16 bits per heavy atom. The van der Waals surface area contributed by atoms with Gasteiger partial charge < -0.3 is 9.64 Å². The second kappa shape index (κ2) is 7.88. The van der Waals surface area contributed by atoms with Crippen LogP contribution in [0.1, 0.15) is 5.56 Å². The number of nitrogens with one attached hydrogen (secondary N) is 1. The first-order valence-electron chi connectivity index (χ1n) is 7.69. The number of sulfonamides is 1. The van der Waals surface area contributed by atoms with Crippen LogP contribution >= 0.6 is 23.2 Å². The minimum atomic E-state index is -3.76. The molecule has 2 aromatic rings. The van der Waals surface area contributed by atoms with E-state index < -0.39 is 10.0 Å². The van der Waals surface area contributed by atoms with E-state index in [4.69, 9.17) is 27.9 Å². The number of halogens is 2. The molecular weight excluding hydrogens is 385 g/mol. The molecule has 3 rings (SSSR count). The molecule has 1 aromatic heterocycles. The summed E-state index contributed by atoms with van der Waals surface area (Å²) >= 11 is 11.9. The Bertz CT molecular complexity index is 838. The largest absolute Gasteiger partial charge is 0.378 e. The van der Waals surface area contributed by atoms with Crippen molar-refractivity contribution < 1.29 is 13.2 Å². The van der Waals surface area contributed by atoms with E-state index in [9.17, 15) is 8.42 Å². The van der Waals surface area contributed by atoms with Crippen LogP contribution in [0.3, 0.4) is 0 Å². The summed E-state index contributed by atoms with van der Waals surface area (Å²) in [6.45, 7) is 3.08. The second-order valence-electron chi connectivity index (χ2n) is 5.50. The molecule has 1 saturated heterocycles. The number of hydrogen-bond donors (Lipinski definition) is 1. The normalized spacial score (nSPS) is 15.4. The first-order valence-corrected chi connectivity index (χ1v) is 9.92. The molecule has 0 bridgehead atoms. The first-order chi connectivity index (χ1) is 12.0. The lowest BCUT2D eigenvalue weighted by molar-refractivity contribution is 0.122. The number of benzene rings is 1. The number of nitrogens with zero attached hydrogens (tertiary/aromatic N) is 2. The molecule has 1 N–H and O–H groups in total. The summed E-state index contributed by atoms with van der Waals surface area (Å²) in [7, 11) is -3.76. The fourth-order valence-corrected chi connectivity index (χ4v) is 4.23. The van der Waals surface area contributed by atoms with Crippen molar-refractivity contribution in [3.8, 4) is 0 Å². The van der Waals surface area contributed by atoms with E-state index in [1.165, 1.54) is 12.1 Å². The monoisotopic (exact) mass is 401 g/mol. The number of aromatic nitrogens is 1. The number of rotatable bonds is 5. The zero-order valence-corrected chi connectivity index (χ0v) is 15.6. The van der Waals surface area contributed by atoms with Crippen LogP contribution in [0.4, 0.5) is 5.82 Å². The van der Waals surface area contributed by atoms with Gasteiger partial charge in [-0.05, 0) is 23.8 Å². The van der Waals surface area contributed by atoms with Crippen molar-refractivity contribution in [1.82, 2.24) is 9.71 Å². The van der Waals surface area contributed by atoms with Gasteiger partial charge in [0.05, 0.1) is 23.3 Å². The third kappa shape index (κ3) is 4.43. The van der Waals surface area contributed by atoms with E-state index >= 15 is 0 Å². The molecule has 0 atom stereocenters. The van der Waals surface area contributed by atoms with Crippen molar-refractivity contribution in [2.24, 2.45) is 0 Å². The van der Waals surface area contributed by atoms with E-state index in [1.54, 1.807) is 12.3 Å². The zero-order valence-electron chi connectivity index (χ0n) is 13.3. The summed E-state index contributed by atoms with van der Waals surface area (Å²) in [5.41, 5.74) is 0.749. The fraction of sp³-hybridized carbons (Fsp3) is 0.312. The molecule has 1 aliphatic heterocycles. The van der Waals surface area contributed by atoms with Gasteiger partial charge in [-0.3, -0.25) is 0 Å². The third-order valence-corrected chi connectivity index (χ3v) is 6.19. The molecule has 2 heterocycles. The molecule has 25 heavy (non-hydrogen) atoms. The van der Waals surface area contributed by atoms with Gasteiger partial charge in [-0.2, -0.15) is 0 Å². The third-order valence-electron chi connectivity index (χ3n) is 3.82. The maximum Gasteiger partial charge on any atom is 0.242 e. The van der Waals surface area contributed by atoms with Crippen LogP contribution in [-0.2, 0) is 21.3 Å². The molecule has 0 aliphatic carbocycles. The van der Waals surface area contributed by atoms with E-state index in [-0.39, 0.29) is 21.5 Å². The zero-order chi connectivity index (χ0) is 17.9. The Kier molecular flexibility index (Phi) is 5.81. The molecule has 1 aliphatic rings. The quantitative estimate of drug-likeness (QED) is 0.833. The van der Waals surface area contributed by atoms with Gasteiger partial charge in [-0.15, -0.1) is 0 Å². The van der Waals surface area contributed by atoms with Crippen LogP contribution in [0.2, 0.25) is 10.0 Å². The van der Waals surface area contributed by atoms with Crippen LogP contribution in [0.5, 0.6) is 0 Å². The molecule has 6 nitrogen and oxygen atoms in total. The minimum Gasteiger partial charge on any atom is -0.378 e. The molecule has 0 radical (unpaired) electrons. The highest BCUT2D eigenvalue weighted by Gasteiger charge is 2.19. The summed E-state index contributed by atoms with van der Waals surface area (Å²) in [5.74, 6) is 0.854. The number of hydrogen-bond acceptors (Lipinski definition) is 5. The molecule has 1 fully saturated rings. The molecule has 1 aromatic carbocycles. The number of ether oxygens (including phenoxy) is 1. The number of anilines is 1. The smallest absolute Gasteiger partial charge is 0.242 e. The molecular formula is C16H17Cl2N3O3S. The van der Waals surface area contributed by atoms with Gasteiger partial charge in [0.25, 0.3) is 0 Å². The summed E-state index contributed by atoms with van der Waals surface area (Å²) in [6.07, 6.45) is 1.66. The summed E-state index contributed by atoms with van der Waals surface area (Å²) in [5, 5.41) is 0.207. The molecule has 134 valence electrons. The standard InChI is InChI=1S/C16H17Cl2N3O3S/c17-13-2-1-3-14(16(13)18)25(22,23)20-11-12-4-5-15(19-10-12)21-6-8-24-9-7-21/h1-5,10,20H,6-9,11H2. The van der Waals surface area contributed by atoms with Gasteiger partial charge in [-0.1, -0.05) is 35.3 Å². The highest BCUT2D eigenvalue weighted by atomic mass is 35.5. The molecule has 0 saturated carbocycles. The van der Waals surface area contributed by atoms with E-state index in [2.05, 4.69) is 14.6 Å². The minimum absolute atomic E-state index is 0.0115. The summed E-state index contributed by atoms with van der Waals surface area (Å²) < 4.78 is 32.6. The summed E-state index contributed by atoms with van der Waals surface area (Å²) in [4.78, 5) is 6.48. The Balaban J connectivity index is 1.67. The number of morpholine rings is 1. The van der Waals surface area contributed by atoms with Crippen molar-refractivity contribution in [2.45, 2.75) is 11.4 Å². The molecule has 0 unspecified atom stereocenters. The number of pyridine rings is 1. The molecule has 9 heteroatoms. The lowest BCUT2D eigenvalue weighted by Crippen LogP contribution is -2.36. The van der Waals surface area contributed by atoms with Crippen molar-refractivity contribution in [1.29, 1.82) is 0 Å². The highest BCUT2D eigenvalue weighted by Crippen LogP contribution is 2.28. The van der Waals surface area contributed by atoms with Gasteiger partial charge in [0.1, 0.15) is 10.7 Å². The molecule has 0 spiro atoms. The van der Waals surface area contributed by atoms with E-state index in [0.717, 1.165) is 24.5 Å². The van der Waals surface area contributed by atoms with Gasteiger partial charge in [0, 0.05) is 25.8 Å². The van der Waals surface area contributed by atoms with Crippen molar-refractivity contribution >= 4 is 39.0 Å². The summed E-state index contributed by atoms with van der Waals surface area (Å²) in [6, 6.07) is 8.22. The average Bonchev–Trinajstić information content (AvgIpc) is 2.63. The van der Waals surface area contributed by atoms with Crippen molar-refractivity contribution in [3.63, 3.8) is 0 Å². The van der Waals surface area contributed by atoms with Crippen LogP contribution in [0.25, 0.3) is 0 Å². The Morgan fingerprint density at radius 2 is 1.92 bits per heavy atom. The Labute approximate surface area is 156 Å².